The fourth-order valence-electron chi connectivity index (χ4n) is 1.17. The van der Waals surface area contributed by atoms with Crippen molar-refractivity contribution >= 4 is 0 Å². The van der Waals surface area contributed by atoms with Crippen molar-refractivity contribution in [1.29, 1.82) is 0 Å². The lowest BCUT2D eigenvalue weighted by Gasteiger charge is -2.16. The number of halogens is 6. The van der Waals surface area contributed by atoms with E-state index in [4.69, 9.17) is 0 Å². The maximum Gasteiger partial charge on any atom is 0.573 e. The molecule has 1 rings (SSSR count). The Labute approximate surface area is 97.3 Å². The molecule has 1 heterocycles. The van der Waals surface area contributed by atoms with Gasteiger partial charge in [0.25, 0.3) is 0 Å². The summed E-state index contributed by atoms with van der Waals surface area (Å²) >= 11 is 0. The summed E-state index contributed by atoms with van der Waals surface area (Å²) in [6, 6.07) is 0.341. The SMILES string of the molecule is COc1cc(C(F)(F)F)nc(C)c1OC(F)(F)F. The minimum atomic E-state index is -5.04. The number of aromatic nitrogens is 1. The lowest BCUT2D eigenvalue weighted by molar-refractivity contribution is -0.275. The lowest BCUT2D eigenvalue weighted by atomic mass is 10.2. The molecule has 0 unspecified atom stereocenters. The van der Waals surface area contributed by atoms with Gasteiger partial charge in [-0.25, -0.2) is 4.98 Å². The minimum absolute atomic E-state index is 0.341. The third kappa shape index (κ3) is 3.41. The first-order valence-corrected chi connectivity index (χ1v) is 4.43. The molecule has 0 amide bonds. The first-order chi connectivity index (χ1) is 8.04. The largest absolute Gasteiger partial charge is 0.573 e. The van der Waals surface area contributed by atoms with Gasteiger partial charge < -0.3 is 9.47 Å². The van der Waals surface area contributed by atoms with Gasteiger partial charge in [-0.15, -0.1) is 13.2 Å². The van der Waals surface area contributed by atoms with Crippen LogP contribution in [0.15, 0.2) is 6.07 Å². The minimum Gasteiger partial charge on any atom is -0.493 e. The Morgan fingerprint density at radius 1 is 1.11 bits per heavy atom. The van der Waals surface area contributed by atoms with E-state index < -0.39 is 35.4 Å². The molecule has 0 fully saturated rings. The number of methoxy groups -OCH3 is 1. The molecule has 0 aliphatic rings. The highest BCUT2D eigenvalue weighted by atomic mass is 19.4. The third-order valence-corrected chi connectivity index (χ3v) is 1.84. The summed E-state index contributed by atoms with van der Waals surface area (Å²) in [5.41, 5.74) is -1.93. The molecule has 0 bridgehead atoms. The predicted molar refractivity (Wildman–Crippen MR) is 47.2 cm³/mol. The van der Waals surface area contributed by atoms with Gasteiger partial charge in [0.2, 0.25) is 0 Å². The normalized spacial score (nSPS) is 12.4. The Kier molecular flexibility index (Phi) is 3.63. The number of pyridine rings is 1. The third-order valence-electron chi connectivity index (χ3n) is 1.84. The van der Waals surface area contributed by atoms with E-state index in [2.05, 4.69) is 14.5 Å². The molecule has 9 heteroatoms. The van der Waals surface area contributed by atoms with Crippen molar-refractivity contribution in [1.82, 2.24) is 4.98 Å². The number of rotatable bonds is 2. The summed E-state index contributed by atoms with van der Waals surface area (Å²) in [6.45, 7) is 0.957. The average Bonchev–Trinajstić information content (AvgIpc) is 2.17. The van der Waals surface area contributed by atoms with E-state index in [1.807, 2.05) is 0 Å². The highest BCUT2D eigenvalue weighted by molar-refractivity contribution is 5.44. The second-order valence-corrected chi connectivity index (χ2v) is 3.17. The maximum atomic E-state index is 12.4. The van der Waals surface area contributed by atoms with Crippen LogP contribution in [-0.4, -0.2) is 18.5 Å². The summed E-state index contributed by atoms with van der Waals surface area (Å²) < 4.78 is 81.3. The van der Waals surface area contributed by atoms with E-state index in [1.165, 1.54) is 0 Å². The van der Waals surface area contributed by atoms with Crippen LogP contribution in [0.3, 0.4) is 0 Å². The molecule has 1 aromatic rings. The Morgan fingerprint density at radius 2 is 1.67 bits per heavy atom. The zero-order chi connectivity index (χ0) is 14.1. The quantitative estimate of drug-likeness (QED) is 0.776. The Hall–Kier alpha value is -1.67. The van der Waals surface area contributed by atoms with Gasteiger partial charge in [0.15, 0.2) is 11.5 Å². The maximum absolute atomic E-state index is 12.4. The first kappa shape index (κ1) is 14.4. The summed E-state index contributed by atoms with van der Waals surface area (Å²) in [5.74, 6) is -1.58. The van der Waals surface area contributed by atoms with Crippen LogP contribution in [0, 0.1) is 6.92 Å². The van der Waals surface area contributed by atoms with Crippen LogP contribution < -0.4 is 9.47 Å². The molecular weight excluding hydrogens is 268 g/mol. The van der Waals surface area contributed by atoms with Crippen molar-refractivity contribution in [2.45, 2.75) is 19.5 Å². The van der Waals surface area contributed by atoms with Gasteiger partial charge in [-0.2, -0.15) is 13.2 Å². The lowest BCUT2D eigenvalue weighted by Crippen LogP contribution is -2.19. The molecule has 0 radical (unpaired) electrons. The number of nitrogens with zero attached hydrogens (tertiary/aromatic N) is 1. The van der Waals surface area contributed by atoms with E-state index >= 15 is 0 Å². The highest BCUT2D eigenvalue weighted by Crippen LogP contribution is 2.38. The van der Waals surface area contributed by atoms with Crippen molar-refractivity contribution in [2.75, 3.05) is 7.11 Å². The van der Waals surface area contributed by atoms with Gasteiger partial charge in [0, 0.05) is 6.07 Å². The molecule has 0 N–H and O–H groups in total. The standard InChI is InChI=1S/C9H7F6NO2/c1-4-7(18-9(13,14)15)5(17-2)3-6(16-4)8(10,11)12/h3H,1-2H3. The van der Waals surface area contributed by atoms with Gasteiger partial charge in [-0.05, 0) is 6.92 Å². The van der Waals surface area contributed by atoms with Crippen molar-refractivity contribution in [3.63, 3.8) is 0 Å². The van der Waals surface area contributed by atoms with Crippen molar-refractivity contribution in [3.05, 3.63) is 17.5 Å². The van der Waals surface area contributed by atoms with Crippen LogP contribution in [0.25, 0.3) is 0 Å². The molecule has 0 saturated carbocycles. The van der Waals surface area contributed by atoms with Crippen LogP contribution in [-0.2, 0) is 6.18 Å². The molecule has 18 heavy (non-hydrogen) atoms. The van der Waals surface area contributed by atoms with Crippen LogP contribution in [0.1, 0.15) is 11.4 Å². The van der Waals surface area contributed by atoms with Gasteiger partial charge in [-0.3, -0.25) is 0 Å². The highest BCUT2D eigenvalue weighted by Gasteiger charge is 2.37. The van der Waals surface area contributed by atoms with E-state index in [-0.39, 0.29) is 0 Å². The first-order valence-electron chi connectivity index (χ1n) is 4.43. The van der Waals surface area contributed by atoms with Crippen LogP contribution >= 0.6 is 0 Å². The second kappa shape index (κ2) is 4.54. The van der Waals surface area contributed by atoms with E-state index in [9.17, 15) is 26.3 Å². The van der Waals surface area contributed by atoms with Crippen LogP contribution in [0.2, 0.25) is 0 Å². The monoisotopic (exact) mass is 275 g/mol. The molecular formula is C9H7F6NO2. The average molecular weight is 275 g/mol. The number of aryl methyl sites for hydroxylation is 1. The number of hydrogen-bond donors (Lipinski definition) is 0. The summed E-state index contributed by atoms with van der Waals surface area (Å²) in [4.78, 5) is 3.01. The van der Waals surface area contributed by atoms with Crippen LogP contribution in [0.5, 0.6) is 11.5 Å². The van der Waals surface area contributed by atoms with Gasteiger partial charge in [0.1, 0.15) is 5.69 Å². The molecule has 0 aliphatic heterocycles. The summed E-state index contributed by atoms with van der Waals surface area (Å²) in [6.07, 6.45) is -9.83. The number of ether oxygens (including phenoxy) is 2. The van der Waals surface area contributed by atoms with Crippen molar-refractivity contribution < 1.29 is 35.8 Å². The van der Waals surface area contributed by atoms with E-state index in [1.54, 1.807) is 0 Å². The molecule has 0 aliphatic carbocycles. The Bertz CT molecular complexity index is 440. The smallest absolute Gasteiger partial charge is 0.493 e. The fraction of sp³-hybridized carbons (Fsp3) is 0.444. The second-order valence-electron chi connectivity index (χ2n) is 3.17. The summed E-state index contributed by atoms with van der Waals surface area (Å²) in [5, 5.41) is 0. The molecule has 0 atom stereocenters. The summed E-state index contributed by atoms with van der Waals surface area (Å²) in [7, 11) is 0.929. The Balaban J connectivity index is 3.29. The molecule has 102 valence electrons. The molecule has 0 aromatic carbocycles. The van der Waals surface area contributed by atoms with Gasteiger partial charge in [0.05, 0.1) is 12.8 Å². The molecule has 3 nitrogen and oxygen atoms in total. The fourth-order valence-corrected chi connectivity index (χ4v) is 1.17. The Morgan fingerprint density at radius 3 is 2.06 bits per heavy atom. The van der Waals surface area contributed by atoms with Crippen molar-refractivity contribution in [2.24, 2.45) is 0 Å². The van der Waals surface area contributed by atoms with Gasteiger partial charge >= 0.3 is 12.5 Å². The van der Waals surface area contributed by atoms with E-state index in [0.29, 0.717) is 6.07 Å². The van der Waals surface area contributed by atoms with Gasteiger partial charge in [-0.1, -0.05) is 0 Å². The predicted octanol–water partition coefficient (Wildman–Crippen LogP) is 3.32. The van der Waals surface area contributed by atoms with E-state index in [0.717, 1.165) is 14.0 Å². The van der Waals surface area contributed by atoms with Crippen molar-refractivity contribution in [3.8, 4) is 11.5 Å². The number of hydrogen-bond acceptors (Lipinski definition) is 3. The molecule has 1 aromatic heterocycles. The zero-order valence-electron chi connectivity index (χ0n) is 9.11. The number of alkyl halides is 6. The zero-order valence-corrected chi connectivity index (χ0v) is 9.11. The molecule has 0 saturated heterocycles. The topological polar surface area (TPSA) is 31.4 Å². The molecule has 0 spiro atoms. The van der Waals surface area contributed by atoms with Crippen LogP contribution in [0.4, 0.5) is 26.3 Å².